The van der Waals surface area contributed by atoms with Gasteiger partial charge in [0.25, 0.3) is 11.5 Å². The predicted molar refractivity (Wildman–Crippen MR) is 154 cm³/mol. The first kappa shape index (κ1) is 27.0. The SMILES string of the molecule is Cc1cc(C)c(CNC(=O)c2cc(-c3ccc(CN4CCOCC4)cc3)cc3c2OCCN3C(C)C)c(=O)[nH]1. The van der Waals surface area contributed by atoms with Gasteiger partial charge in [0.05, 0.1) is 31.0 Å². The molecule has 0 radical (unpaired) electrons. The molecule has 2 aliphatic heterocycles. The van der Waals surface area contributed by atoms with Gasteiger partial charge >= 0.3 is 0 Å². The zero-order chi connectivity index (χ0) is 27.5. The third-order valence-electron chi connectivity index (χ3n) is 7.54. The molecule has 0 saturated carbocycles. The van der Waals surface area contributed by atoms with Gasteiger partial charge in [-0.1, -0.05) is 24.3 Å². The van der Waals surface area contributed by atoms with Crippen molar-refractivity contribution in [1.29, 1.82) is 0 Å². The van der Waals surface area contributed by atoms with E-state index in [0.29, 0.717) is 23.5 Å². The largest absolute Gasteiger partial charge is 0.489 e. The van der Waals surface area contributed by atoms with Crippen molar-refractivity contribution in [3.05, 3.63) is 80.8 Å². The molecule has 0 unspecified atom stereocenters. The van der Waals surface area contributed by atoms with Crippen LogP contribution in [0, 0.1) is 13.8 Å². The number of hydrogen-bond donors (Lipinski definition) is 2. The molecule has 1 aromatic heterocycles. The van der Waals surface area contributed by atoms with Gasteiger partial charge in [-0.2, -0.15) is 0 Å². The van der Waals surface area contributed by atoms with Crippen molar-refractivity contribution in [2.45, 2.75) is 46.8 Å². The number of pyridine rings is 1. The average molecular weight is 531 g/mol. The van der Waals surface area contributed by atoms with E-state index in [9.17, 15) is 9.59 Å². The van der Waals surface area contributed by atoms with Crippen LogP contribution in [0.5, 0.6) is 5.75 Å². The maximum Gasteiger partial charge on any atom is 0.255 e. The number of amides is 1. The first-order chi connectivity index (χ1) is 18.8. The molecule has 2 N–H and O–H groups in total. The number of rotatable bonds is 7. The Balaban J connectivity index is 1.45. The molecule has 39 heavy (non-hydrogen) atoms. The van der Waals surface area contributed by atoms with Crippen LogP contribution < -0.4 is 20.5 Å². The zero-order valence-corrected chi connectivity index (χ0v) is 23.3. The van der Waals surface area contributed by atoms with E-state index >= 15 is 0 Å². The lowest BCUT2D eigenvalue weighted by Crippen LogP contribution is -2.39. The Hall–Kier alpha value is -3.62. The summed E-state index contributed by atoms with van der Waals surface area (Å²) in [6, 6.07) is 14.8. The summed E-state index contributed by atoms with van der Waals surface area (Å²) < 4.78 is 11.5. The number of aromatic amines is 1. The highest BCUT2D eigenvalue weighted by Crippen LogP contribution is 2.40. The molecule has 8 heteroatoms. The number of fused-ring (bicyclic) bond motifs is 1. The minimum atomic E-state index is -0.262. The second-order valence-electron chi connectivity index (χ2n) is 10.7. The molecule has 2 aromatic carbocycles. The van der Waals surface area contributed by atoms with Gasteiger partial charge in [0.1, 0.15) is 6.61 Å². The van der Waals surface area contributed by atoms with E-state index in [2.05, 4.69) is 64.3 Å². The van der Waals surface area contributed by atoms with Crippen LogP contribution in [-0.4, -0.2) is 61.3 Å². The summed E-state index contributed by atoms with van der Waals surface area (Å²) in [5, 5.41) is 2.97. The molecular formula is C31H38N4O4. The molecule has 3 heterocycles. The van der Waals surface area contributed by atoms with E-state index in [1.165, 1.54) is 5.56 Å². The van der Waals surface area contributed by atoms with E-state index in [1.807, 2.05) is 26.0 Å². The summed E-state index contributed by atoms with van der Waals surface area (Å²) >= 11 is 0. The molecule has 5 rings (SSSR count). The number of aryl methyl sites for hydroxylation is 2. The smallest absolute Gasteiger partial charge is 0.255 e. The summed E-state index contributed by atoms with van der Waals surface area (Å²) in [6.45, 7) is 13.8. The maximum atomic E-state index is 13.6. The van der Waals surface area contributed by atoms with Crippen molar-refractivity contribution in [2.24, 2.45) is 0 Å². The molecule has 206 valence electrons. The predicted octanol–water partition coefficient (Wildman–Crippen LogP) is 4.03. The lowest BCUT2D eigenvalue weighted by Gasteiger charge is -2.35. The number of nitrogens with one attached hydrogen (secondary N) is 2. The molecule has 2 aliphatic rings. The molecule has 0 atom stereocenters. The molecule has 1 amide bonds. The Bertz CT molecular complexity index is 1390. The van der Waals surface area contributed by atoms with Gasteiger partial charge < -0.3 is 24.7 Å². The number of benzene rings is 2. The van der Waals surface area contributed by atoms with Gasteiger partial charge in [-0.15, -0.1) is 0 Å². The van der Waals surface area contributed by atoms with Gasteiger partial charge in [-0.05, 0) is 68.1 Å². The van der Waals surface area contributed by atoms with Crippen LogP contribution >= 0.6 is 0 Å². The summed E-state index contributed by atoms with van der Waals surface area (Å²) in [5.74, 6) is 0.330. The number of H-pyrrole nitrogens is 1. The Labute approximate surface area is 229 Å². The van der Waals surface area contributed by atoms with Gasteiger partial charge in [0.15, 0.2) is 5.75 Å². The molecule has 3 aromatic rings. The van der Waals surface area contributed by atoms with E-state index in [1.54, 1.807) is 0 Å². The van der Waals surface area contributed by atoms with E-state index in [0.717, 1.165) is 67.5 Å². The fraction of sp³-hybridized carbons (Fsp3) is 0.419. The maximum absolute atomic E-state index is 13.6. The quantitative estimate of drug-likeness (QED) is 0.480. The van der Waals surface area contributed by atoms with E-state index in [-0.39, 0.29) is 24.1 Å². The van der Waals surface area contributed by atoms with Crippen molar-refractivity contribution in [3.63, 3.8) is 0 Å². The number of anilines is 1. The highest BCUT2D eigenvalue weighted by atomic mass is 16.5. The second kappa shape index (κ2) is 11.6. The third kappa shape index (κ3) is 6.02. The molecule has 0 spiro atoms. The lowest BCUT2D eigenvalue weighted by atomic mass is 9.98. The van der Waals surface area contributed by atoms with Crippen molar-refractivity contribution in [1.82, 2.24) is 15.2 Å². The van der Waals surface area contributed by atoms with E-state index < -0.39 is 0 Å². The first-order valence-electron chi connectivity index (χ1n) is 13.7. The number of morpholine rings is 1. The van der Waals surface area contributed by atoms with Crippen LogP contribution in [0.4, 0.5) is 5.69 Å². The van der Waals surface area contributed by atoms with Crippen molar-refractivity contribution >= 4 is 11.6 Å². The Morgan fingerprint density at radius 2 is 1.74 bits per heavy atom. The van der Waals surface area contributed by atoms with Crippen LogP contribution in [0.25, 0.3) is 11.1 Å². The van der Waals surface area contributed by atoms with Crippen molar-refractivity contribution in [2.75, 3.05) is 44.4 Å². The minimum absolute atomic E-state index is 0.142. The summed E-state index contributed by atoms with van der Waals surface area (Å²) in [5.41, 5.74) is 6.67. The van der Waals surface area contributed by atoms with Crippen molar-refractivity contribution in [3.8, 4) is 16.9 Å². The fourth-order valence-electron chi connectivity index (χ4n) is 5.40. The molecule has 0 bridgehead atoms. The standard InChI is InChI=1S/C31H38N4O4/c1-20(2)35-11-14-39-29-26(30(36)32-18-27-21(3)15-22(4)33-31(27)37)16-25(17-28(29)35)24-7-5-23(6-8-24)19-34-9-12-38-13-10-34/h5-8,15-17,20H,9-14,18-19H2,1-4H3,(H,32,36)(H,33,37). The summed E-state index contributed by atoms with van der Waals surface area (Å²) in [7, 11) is 0. The van der Waals surface area contributed by atoms with Gasteiger partial charge in [0, 0.05) is 43.5 Å². The fourth-order valence-corrected chi connectivity index (χ4v) is 5.40. The van der Waals surface area contributed by atoms with E-state index in [4.69, 9.17) is 9.47 Å². The molecule has 1 fully saturated rings. The van der Waals surface area contributed by atoms with Crippen LogP contribution in [-0.2, 0) is 17.8 Å². The van der Waals surface area contributed by atoms with Crippen LogP contribution in [0.1, 0.15) is 46.6 Å². The third-order valence-corrected chi connectivity index (χ3v) is 7.54. The monoisotopic (exact) mass is 530 g/mol. The number of ether oxygens (including phenoxy) is 2. The first-order valence-corrected chi connectivity index (χ1v) is 13.7. The second-order valence-corrected chi connectivity index (χ2v) is 10.7. The lowest BCUT2D eigenvalue weighted by molar-refractivity contribution is 0.0342. The minimum Gasteiger partial charge on any atom is -0.489 e. The number of hydrogen-bond acceptors (Lipinski definition) is 6. The Morgan fingerprint density at radius 3 is 2.44 bits per heavy atom. The Morgan fingerprint density at radius 1 is 1.00 bits per heavy atom. The highest BCUT2D eigenvalue weighted by Gasteiger charge is 2.27. The van der Waals surface area contributed by atoms with Crippen LogP contribution in [0.3, 0.4) is 0 Å². The average Bonchev–Trinajstić information content (AvgIpc) is 2.92. The van der Waals surface area contributed by atoms with Gasteiger partial charge in [-0.25, -0.2) is 0 Å². The zero-order valence-electron chi connectivity index (χ0n) is 23.3. The molecule has 8 nitrogen and oxygen atoms in total. The number of carbonyl (C=O) groups excluding carboxylic acids is 1. The molecular weight excluding hydrogens is 492 g/mol. The van der Waals surface area contributed by atoms with Gasteiger partial charge in [-0.3, -0.25) is 14.5 Å². The molecule has 1 saturated heterocycles. The number of nitrogens with zero attached hydrogens (tertiary/aromatic N) is 2. The highest BCUT2D eigenvalue weighted by molar-refractivity contribution is 6.01. The summed E-state index contributed by atoms with van der Waals surface area (Å²) in [4.78, 5) is 33.6. The Kier molecular flexibility index (Phi) is 8.04. The number of carbonyl (C=O) groups is 1. The van der Waals surface area contributed by atoms with Gasteiger partial charge in [0.2, 0.25) is 0 Å². The number of aromatic nitrogens is 1. The summed E-state index contributed by atoms with van der Waals surface area (Å²) in [6.07, 6.45) is 0. The topological polar surface area (TPSA) is 86.9 Å². The van der Waals surface area contributed by atoms with Crippen LogP contribution in [0.2, 0.25) is 0 Å². The molecule has 0 aliphatic carbocycles. The van der Waals surface area contributed by atoms with Crippen LogP contribution in [0.15, 0.2) is 47.3 Å². The van der Waals surface area contributed by atoms with Crippen molar-refractivity contribution < 1.29 is 14.3 Å². The normalized spacial score (nSPS) is 15.7.